The third kappa shape index (κ3) is 2.75. The zero-order valence-electron chi connectivity index (χ0n) is 8.55. The number of benzene rings is 1. The summed E-state index contributed by atoms with van der Waals surface area (Å²) in [5.41, 5.74) is -0.845. The Kier molecular flexibility index (Phi) is 3.07. The predicted molar refractivity (Wildman–Crippen MR) is 51.5 cm³/mol. The van der Waals surface area contributed by atoms with Crippen LogP contribution in [-0.4, -0.2) is 11.1 Å². The monoisotopic (exact) mass is 214 g/mol. The molecule has 0 aliphatic carbocycles. The summed E-state index contributed by atoms with van der Waals surface area (Å²) in [6.07, 6.45) is 0.0362. The zero-order chi connectivity index (χ0) is 11.6. The molecule has 0 spiro atoms. The number of carboxylic acid groups (broad SMARTS) is 1. The van der Waals surface area contributed by atoms with Gasteiger partial charge in [-0.3, -0.25) is 4.79 Å². The molecule has 0 amide bonds. The van der Waals surface area contributed by atoms with E-state index < -0.39 is 23.0 Å². The van der Waals surface area contributed by atoms with Crippen LogP contribution in [0.15, 0.2) is 18.2 Å². The molecule has 0 aliphatic heterocycles. The SMILES string of the molecule is CC(C)(Cc1ccc(F)cc1F)C(=O)O. The summed E-state index contributed by atoms with van der Waals surface area (Å²) in [5, 5.41) is 8.85. The van der Waals surface area contributed by atoms with Crippen molar-refractivity contribution in [3.8, 4) is 0 Å². The number of halogens is 2. The molecule has 1 rings (SSSR count). The van der Waals surface area contributed by atoms with Gasteiger partial charge in [0.15, 0.2) is 0 Å². The topological polar surface area (TPSA) is 37.3 Å². The summed E-state index contributed by atoms with van der Waals surface area (Å²) in [4.78, 5) is 10.8. The maximum atomic E-state index is 13.2. The fourth-order valence-corrected chi connectivity index (χ4v) is 1.22. The fraction of sp³-hybridized carbons (Fsp3) is 0.364. The number of aliphatic carboxylic acids is 1. The second-order valence-corrected chi connectivity index (χ2v) is 4.10. The van der Waals surface area contributed by atoms with E-state index in [-0.39, 0.29) is 12.0 Å². The maximum absolute atomic E-state index is 13.2. The van der Waals surface area contributed by atoms with Crippen LogP contribution in [0, 0.1) is 17.0 Å². The highest BCUT2D eigenvalue weighted by molar-refractivity contribution is 5.74. The molecule has 2 nitrogen and oxygen atoms in total. The number of carbonyl (C=O) groups is 1. The first-order valence-corrected chi connectivity index (χ1v) is 4.50. The van der Waals surface area contributed by atoms with Crippen molar-refractivity contribution in [2.45, 2.75) is 20.3 Å². The van der Waals surface area contributed by atoms with Crippen molar-refractivity contribution in [2.24, 2.45) is 5.41 Å². The van der Waals surface area contributed by atoms with Gasteiger partial charge in [0.2, 0.25) is 0 Å². The lowest BCUT2D eigenvalue weighted by Crippen LogP contribution is -2.26. The summed E-state index contributed by atoms with van der Waals surface area (Å²) in [6, 6.07) is 3.15. The van der Waals surface area contributed by atoms with Gasteiger partial charge in [-0.1, -0.05) is 6.07 Å². The first-order chi connectivity index (χ1) is 6.83. The quantitative estimate of drug-likeness (QED) is 0.839. The highest BCUT2D eigenvalue weighted by Gasteiger charge is 2.28. The largest absolute Gasteiger partial charge is 0.481 e. The van der Waals surface area contributed by atoms with Crippen LogP contribution >= 0.6 is 0 Å². The van der Waals surface area contributed by atoms with Crippen LogP contribution < -0.4 is 0 Å². The Labute approximate surface area is 86.5 Å². The molecule has 0 saturated heterocycles. The molecule has 0 bridgehead atoms. The fourth-order valence-electron chi connectivity index (χ4n) is 1.22. The van der Waals surface area contributed by atoms with Crippen LogP contribution in [0.4, 0.5) is 8.78 Å². The Bertz CT molecular complexity index is 386. The molecule has 0 unspecified atom stereocenters. The molecule has 0 saturated carbocycles. The Morgan fingerprint density at radius 3 is 2.47 bits per heavy atom. The van der Waals surface area contributed by atoms with E-state index in [2.05, 4.69) is 0 Å². The number of rotatable bonds is 3. The van der Waals surface area contributed by atoms with Crippen molar-refractivity contribution >= 4 is 5.97 Å². The molecule has 1 aromatic carbocycles. The highest BCUT2D eigenvalue weighted by atomic mass is 19.1. The van der Waals surface area contributed by atoms with E-state index >= 15 is 0 Å². The average molecular weight is 214 g/mol. The average Bonchev–Trinajstić information content (AvgIpc) is 2.09. The van der Waals surface area contributed by atoms with Crippen LogP contribution in [-0.2, 0) is 11.2 Å². The lowest BCUT2D eigenvalue weighted by atomic mass is 9.86. The van der Waals surface area contributed by atoms with E-state index in [4.69, 9.17) is 5.11 Å². The molecule has 0 radical (unpaired) electrons. The summed E-state index contributed by atoms with van der Waals surface area (Å²) < 4.78 is 25.8. The molecule has 0 fully saturated rings. The molecule has 0 aromatic heterocycles. The molecule has 1 aromatic rings. The Hall–Kier alpha value is -1.45. The van der Waals surface area contributed by atoms with Gasteiger partial charge < -0.3 is 5.11 Å². The molecule has 0 atom stereocenters. The highest BCUT2D eigenvalue weighted by Crippen LogP contribution is 2.23. The van der Waals surface area contributed by atoms with Crippen molar-refractivity contribution < 1.29 is 18.7 Å². The number of carboxylic acids is 1. The Morgan fingerprint density at radius 2 is 2.00 bits per heavy atom. The van der Waals surface area contributed by atoms with Crippen molar-refractivity contribution in [2.75, 3.05) is 0 Å². The standard InChI is InChI=1S/C11H12F2O2/c1-11(2,10(14)15)6-7-3-4-8(12)5-9(7)13/h3-5H,6H2,1-2H3,(H,14,15). The minimum atomic E-state index is -1.06. The van der Waals surface area contributed by atoms with Crippen molar-refractivity contribution in [3.05, 3.63) is 35.4 Å². The number of hydrogen-bond donors (Lipinski definition) is 1. The van der Waals surface area contributed by atoms with Gasteiger partial charge in [-0.2, -0.15) is 0 Å². The van der Waals surface area contributed by atoms with Gasteiger partial charge in [-0.15, -0.1) is 0 Å². The summed E-state index contributed by atoms with van der Waals surface area (Å²) in [6.45, 7) is 3.00. The van der Waals surface area contributed by atoms with Gasteiger partial charge in [0.05, 0.1) is 5.41 Å². The van der Waals surface area contributed by atoms with Gasteiger partial charge >= 0.3 is 5.97 Å². The van der Waals surface area contributed by atoms with Crippen molar-refractivity contribution in [1.82, 2.24) is 0 Å². The molecule has 0 aliphatic rings. The third-order valence-corrected chi connectivity index (χ3v) is 2.23. The second-order valence-electron chi connectivity index (χ2n) is 4.10. The lowest BCUT2D eigenvalue weighted by molar-refractivity contribution is -0.146. The third-order valence-electron chi connectivity index (χ3n) is 2.23. The molecule has 0 heterocycles. The first kappa shape index (κ1) is 11.6. The molecule has 1 N–H and O–H groups in total. The minimum Gasteiger partial charge on any atom is -0.481 e. The van der Waals surface area contributed by atoms with E-state index in [9.17, 15) is 13.6 Å². The van der Waals surface area contributed by atoms with Crippen LogP contribution in [0.2, 0.25) is 0 Å². The molecule has 4 heteroatoms. The van der Waals surface area contributed by atoms with Crippen LogP contribution in [0.25, 0.3) is 0 Å². The smallest absolute Gasteiger partial charge is 0.309 e. The molecule has 15 heavy (non-hydrogen) atoms. The summed E-state index contributed by atoms with van der Waals surface area (Å²) in [5.74, 6) is -2.38. The molecular weight excluding hydrogens is 202 g/mol. The van der Waals surface area contributed by atoms with Gasteiger partial charge in [0.25, 0.3) is 0 Å². The van der Waals surface area contributed by atoms with E-state index in [1.165, 1.54) is 19.9 Å². The maximum Gasteiger partial charge on any atom is 0.309 e. The predicted octanol–water partition coefficient (Wildman–Crippen LogP) is 2.62. The van der Waals surface area contributed by atoms with Gasteiger partial charge in [0, 0.05) is 6.07 Å². The second kappa shape index (κ2) is 3.96. The van der Waals surface area contributed by atoms with E-state index in [0.29, 0.717) is 0 Å². The van der Waals surface area contributed by atoms with Crippen LogP contribution in [0.3, 0.4) is 0 Å². The van der Waals surface area contributed by atoms with Crippen molar-refractivity contribution in [3.63, 3.8) is 0 Å². The molecule has 82 valence electrons. The van der Waals surface area contributed by atoms with Gasteiger partial charge in [-0.05, 0) is 31.9 Å². The summed E-state index contributed by atoms with van der Waals surface area (Å²) >= 11 is 0. The Morgan fingerprint density at radius 1 is 1.40 bits per heavy atom. The van der Waals surface area contributed by atoms with Crippen LogP contribution in [0.1, 0.15) is 19.4 Å². The van der Waals surface area contributed by atoms with Crippen LogP contribution in [0.5, 0.6) is 0 Å². The van der Waals surface area contributed by atoms with Gasteiger partial charge in [-0.25, -0.2) is 8.78 Å². The normalized spacial score (nSPS) is 11.5. The molecular formula is C11H12F2O2. The van der Waals surface area contributed by atoms with Gasteiger partial charge in [0.1, 0.15) is 11.6 Å². The Balaban J connectivity index is 2.95. The lowest BCUT2D eigenvalue weighted by Gasteiger charge is -2.19. The first-order valence-electron chi connectivity index (χ1n) is 4.50. The van der Waals surface area contributed by atoms with E-state index in [1.54, 1.807) is 0 Å². The van der Waals surface area contributed by atoms with E-state index in [0.717, 1.165) is 12.1 Å². The number of hydrogen-bond acceptors (Lipinski definition) is 1. The zero-order valence-corrected chi connectivity index (χ0v) is 8.55. The van der Waals surface area contributed by atoms with E-state index in [1.807, 2.05) is 0 Å². The minimum absolute atomic E-state index is 0.0362. The van der Waals surface area contributed by atoms with Crippen molar-refractivity contribution in [1.29, 1.82) is 0 Å². The summed E-state index contributed by atoms with van der Waals surface area (Å²) in [7, 11) is 0.